The third-order valence-electron chi connectivity index (χ3n) is 12.4. The zero-order chi connectivity index (χ0) is 38.9. The Bertz CT molecular complexity index is 1580. The van der Waals surface area contributed by atoms with Gasteiger partial charge in [0.05, 0.1) is 25.9 Å². The first kappa shape index (κ1) is 41.0. The maximum Gasteiger partial charge on any atom is 0.251 e. The molecule has 0 aromatic heterocycles. The van der Waals surface area contributed by atoms with Crippen LogP contribution in [0.1, 0.15) is 84.2 Å². The lowest BCUT2D eigenvalue weighted by Gasteiger charge is -2.62. The van der Waals surface area contributed by atoms with Gasteiger partial charge in [-0.05, 0) is 78.5 Å². The molecule has 0 spiro atoms. The molecule has 10 heteroatoms. The molecule has 1 aliphatic heterocycles. The summed E-state index contributed by atoms with van der Waals surface area (Å²) in [6.07, 6.45) is 1.04. The molecule has 53 heavy (non-hydrogen) atoms. The van der Waals surface area contributed by atoms with Crippen LogP contribution in [0.3, 0.4) is 0 Å². The van der Waals surface area contributed by atoms with Crippen LogP contribution in [-0.4, -0.2) is 99.1 Å². The molecule has 2 aromatic rings. The van der Waals surface area contributed by atoms with E-state index in [0.717, 1.165) is 41.9 Å². The summed E-state index contributed by atoms with van der Waals surface area (Å²) >= 11 is 0. The lowest BCUT2D eigenvalue weighted by molar-refractivity contribution is -0.180. The zero-order valence-corrected chi connectivity index (χ0v) is 34.4. The van der Waals surface area contributed by atoms with Crippen molar-refractivity contribution in [3.05, 3.63) is 47.5 Å². The number of benzene rings is 2. The van der Waals surface area contributed by atoms with Crippen LogP contribution in [0.4, 0.5) is 5.69 Å². The molecule has 3 aliphatic carbocycles. The predicted molar refractivity (Wildman–Crippen MR) is 213 cm³/mol. The number of rotatable bonds is 15. The topological polar surface area (TPSA) is 107 Å². The van der Waals surface area contributed by atoms with Crippen LogP contribution in [0, 0.1) is 40.9 Å². The SMILES string of the molecule is CNC(=O)c1cc(-c2cccc(CN3O[C@@H](CN(CC(C)C)CC(C)C)[C@@H]([C@H](C)O)[C@H]3C(=O)N[C@H]3C[C@@H]4C[C@H]([C@@H]3C)C4(C)C)c2OC)cc(N(C)C)c1. The number of hydroxylamine groups is 2. The minimum Gasteiger partial charge on any atom is -0.496 e. The predicted octanol–water partition coefficient (Wildman–Crippen LogP) is 6.07. The summed E-state index contributed by atoms with van der Waals surface area (Å²) in [5.41, 5.74) is 4.27. The molecule has 2 amide bonds. The van der Waals surface area contributed by atoms with Gasteiger partial charge < -0.3 is 30.3 Å². The van der Waals surface area contributed by atoms with Crippen LogP contribution in [-0.2, 0) is 16.2 Å². The molecular formula is C43H67N5O5. The van der Waals surface area contributed by atoms with Crippen molar-refractivity contribution in [3.63, 3.8) is 0 Å². The lowest BCUT2D eigenvalue weighted by Crippen LogP contribution is -2.62. The fraction of sp³-hybridized carbons (Fsp3) is 0.674. The summed E-state index contributed by atoms with van der Waals surface area (Å²) in [5, 5.41) is 19.5. The molecule has 0 radical (unpaired) electrons. The number of anilines is 1. The molecular weight excluding hydrogens is 667 g/mol. The smallest absolute Gasteiger partial charge is 0.251 e. The molecule has 4 fully saturated rings. The summed E-state index contributed by atoms with van der Waals surface area (Å²) in [5.74, 6) is 2.43. The van der Waals surface area contributed by atoms with Gasteiger partial charge in [0.15, 0.2) is 0 Å². The Morgan fingerprint density at radius 1 is 1.06 bits per heavy atom. The first-order chi connectivity index (χ1) is 25.0. The summed E-state index contributed by atoms with van der Waals surface area (Å²) < 4.78 is 6.13. The monoisotopic (exact) mass is 734 g/mol. The van der Waals surface area contributed by atoms with Crippen molar-refractivity contribution in [1.29, 1.82) is 0 Å². The number of aliphatic hydroxyl groups excluding tert-OH is 1. The standard InChI is InChI=1S/C43H67N5O5/c1-25(2)21-47(22-26(3)4)24-37-38(28(6)49)39(42(51)45-36-20-32-19-35(27(36)5)43(32,7)8)48(53-37)23-29-14-13-15-34(40(29)52-12)30-16-31(41(50)44-9)18-33(17-30)46(10)11/h13-18,25-28,32,35-39,49H,19-24H2,1-12H3,(H,44,50)(H,45,51)/t27-,28-,32-,35+,36-,37-,38+,39-/m0/s1. The normalized spacial score (nSPS) is 27.1. The van der Waals surface area contributed by atoms with Crippen LogP contribution in [0.15, 0.2) is 36.4 Å². The van der Waals surface area contributed by atoms with Crippen molar-refractivity contribution in [2.45, 2.75) is 99.1 Å². The van der Waals surface area contributed by atoms with E-state index in [1.807, 2.05) is 60.5 Å². The Morgan fingerprint density at radius 2 is 1.74 bits per heavy atom. The maximum atomic E-state index is 14.7. The second-order valence-corrected chi connectivity index (χ2v) is 17.8. The Morgan fingerprint density at radius 3 is 2.28 bits per heavy atom. The molecule has 3 N–H and O–H groups in total. The van der Waals surface area contributed by atoms with E-state index < -0.39 is 18.1 Å². The van der Waals surface area contributed by atoms with E-state index in [-0.39, 0.29) is 30.5 Å². The molecule has 1 heterocycles. The average Bonchev–Trinajstić information content (AvgIpc) is 3.44. The number of nitrogens with zero attached hydrogens (tertiary/aromatic N) is 3. The molecule has 294 valence electrons. The van der Waals surface area contributed by atoms with Crippen LogP contribution in [0.25, 0.3) is 11.1 Å². The summed E-state index contributed by atoms with van der Waals surface area (Å²) in [7, 11) is 7.19. The molecule has 6 rings (SSSR count). The average molecular weight is 734 g/mol. The summed E-state index contributed by atoms with van der Waals surface area (Å²) in [6, 6.07) is 11.2. The second kappa shape index (κ2) is 16.7. The van der Waals surface area contributed by atoms with E-state index in [2.05, 4.69) is 64.0 Å². The van der Waals surface area contributed by atoms with Gasteiger partial charge in [0.25, 0.3) is 5.91 Å². The van der Waals surface area contributed by atoms with E-state index in [1.165, 1.54) is 6.42 Å². The Labute approximate surface area is 318 Å². The maximum absolute atomic E-state index is 14.7. The number of ether oxygens (including phenoxy) is 1. The highest BCUT2D eigenvalue weighted by molar-refractivity contribution is 5.97. The van der Waals surface area contributed by atoms with Crippen LogP contribution in [0.2, 0.25) is 0 Å². The minimum absolute atomic E-state index is 0.0855. The van der Waals surface area contributed by atoms with Gasteiger partial charge in [-0.15, -0.1) is 0 Å². The van der Waals surface area contributed by atoms with Crippen molar-refractivity contribution in [3.8, 4) is 16.9 Å². The summed E-state index contributed by atoms with van der Waals surface area (Å²) in [6.45, 7) is 20.4. The molecule has 10 nitrogen and oxygen atoms in total. The number of nitrogens with one attached hydrogen (secondary N) is 2. The number of para-hydroxylation sites is 1. The highest BCUT2D eigenvalue weighted by Gasteiger charge is 2.57. The number of fused-ring (bicyclic) bond motifs is 2. The van der Waals surface area contributed by atoms with Gasteiger partial charge in [-0.2, -0.15) is 5.06 Å². The fourth-order valence-corrected chi connectivity index (χ4v) is 9.64. The zero-order valence-electron chi connectivity index (χ0n) is 34.4. The Kier molecular flexibility index (Phi) is 12.9. The molecule has 4 aliphatic rings. The van der Waals surface area contributed by atoms with Crippen molar-refractivity contribution >= 4 is 17.5 Å². The van der Waals surface area contributed by atoms with Gasteiger partial charge in [0.2, 0.25) is 5.91 Å². The largest absolute Gasteiger partial charge is 0.496 e. The van der Waals surface area contributed by atoms with Crippen molar-refractivity contribution in [1.82, 2.24) is 20.6 Å². The van der Waals surface area contributed by atoms with Gasteiger partial charge in [0.1, 0.15) is 11.8 Å². The Balaban J connectivity index is 1.52. The molecule has 2 aromatic carbocycles. The number of hydrogen-bond donors (Lipinski definition) is 3. The molecule has 1 saturated heterocycles. The van der Waals surface area contributed by atoms with E-state index in [4.69, 9.17) is 9.57 Å². The second-order valence-electron chi connectivity index (χ2n) is 17.8. The molecule has 8 atom stereocenters. The van der Waals surface area contributed by atoms with Gasteiger partial charge in [-0.25, -0.2) is 0 Å². The highest BCUT2D eigenvalue weighted by Crippen LogP contribution is 2.61. The minimum atomic E-state index is -0.776. The quantitative estimate of drug-likeness (QED) is 0.203. The Hall–Kier alpha value is -3.18. The van der Waals surface area contributed by atoms with Crippen molar-refractivity contribution in [2.24, 2.45) is 40.9 Å². The van der Waals surface area contributed by atoms with Gasteiger partial charge in [-0.3, -0.25) is 14.4 Å². The lowest BCUT2D eigenvalue weighted by atomic mass is 9.45. The third-order valence-corrected chi connectivity index (χ3v) is 12.4. The number of methoxy groups -OCH3 is 1. The van der Waals surface area contributed by atoms with E-state index >= 15 is 0 Å². The van der Waals surface area contributed by atoms with Crippen LogP contribution >= 0.6 is 0 Å². The molecule has 2 bridgehead atoms. The fourth-order valence-electron chi connectivity index (χ4n) is 9.64. The van der Waals surface area contributed by atoms with Crippen molar-refractivity contribution < 1.29 is 24.3 Å². The van der Waals surface area contributed by atoms with Gasteiger partial charge in [-0.1, -0.05) is 66.7 Å². The van der Waals surface area contributed by atoms with Crippen LogP contribution < -0.4 is 20.3 Å². The first-order valence-electron chi connectivity index (χ1n) is 19.8. The van der Waals surface area contributed by atoms with Crippen molar-refractivity contribution in [2.75, 3.05) is 52.8 Å². The summed E-state index contributed by atoms with van der Waals surface area (Å²) in [4.78, 5) is 38.8. The van der Waals surface area contributed by atoms with E-state index in [9.17, 15) is 14.7 Å². The number of amides is 2. The van der Waals surface area contributed by atoms with Gasteiger partial charge >= 0.3 is 0 Å². The van der Waals surface area contributed by atoms with E-state index in [1.54, 1.807) is 21.1 Å². The number of aliphatic hydroxyl groups is 1. The third kappa shape index (κ3) is 8.71. The number of hydrogen-bond acceptors (Lipinski definition) is 8. The van der Waals surface area contributed by atoms with Crippen LogP contribution in [0.5, 0.6) is 5.75 Å². The van der Waals surface area contributed by atoms with Gasteiger partial charge in [0, 0.05) is 75.1 Å². The first-order valence-corrected chi connectivity index (χ1v) is 19.8. The molecule has 0 unspecified atom stereocenters. The number of carbonyl (C=O) groups excluding carboxylic acids is 2. The highest BCUT2D eigenvalue weighted by atomic mass is 16.7. The van der Waals surface area contributed by atoms with E-state index in [0.29, 0.717) is 52.9 Å². The number of carbonyl (C=O) groups is 2. The molecule has 3 saturated carbocycles.